The van der Waals surface area contributed by atoms with E-state index in [1.807, 2.05) is 0 Å². The van der Waals surface area contributed by atoms with Crippen molar-refractivity contribution in [2.45, 2.75) is 6.04 Å². The van der Waals surface area contributed by atoms with Crippen molar-refractivity contribution in [3.63, 3.8) is 0 Å². The van der Waals surface area contributed by atoms with E-state index in [0.717, 1.165) is 6.07 Å². The first-order valence-electron chi connectivity index (χ1n) is 6.13. The molecule has 21 heavy (non-hydrogen) atoms. The fourth-order valence-electron chi connectivity index (χ4n) is 2.17. The average Bonchev–Trinajstić information content (AvgIpc) is 2.42. The molecular formula is C15H13F4NO. The third-order valence-electron chi connectivity index (χ3n) is 3.13. The molecule has 2 nitrogen and oxygen atoms in total. The maximum atomic E-state index is 13.8. The number of hydrogen-bond acceptors (Lipinski definition) is 2. The fraction of sp³-hybridized carbons (Fsp3) is 0.200. The molecule has 1 atom stereocenters. The van der Waals surface area contributed by atoms with Crippen molar-refractivity contribution >= 4 is 0 Å². The molecule has 0 aliphatic rings. The van der Waals surface area contributed by atoms with Crippen LogP contribution < -0.4 is 10.1 Å². The van der Waals surface area contributed by atoms with Crippen LogP contribution in [-0.2, 0) is 0 Å². The van der Waals surface area contributed by atoms with Crippen LogP contribution in [0.1, 0.15) is 17.2 Å². The molecule has 2 rings (SSSR count). The lowest BCUT2D eigenvalue weighted by Crippen LogP contribution is -2.21. The standard InChI is InChI=1S/C15H13F4NO/c1-20-15(8-3-4-13(21-2)10(17)5-8)14-11(18)6-9(16)7-12(14)19/h3-7,15,20H,1-2H3. The quantitative estimate of drug-likeness (QED) is 0.872. The van der Waals surface area contributed by atoms with Crippen molar-refractivity contribution in [2.24, 2.45) is 0 Å². The molecule has 1 unspecified atom stereocenters. The van der Waals surface area contributed by atoms with Crippen LogP contribution in [0, 0.1) is 23.3 Å². The molecule has 0 heterocycles. The van der Waals surface area contributed by atoms with Crippen LogP contribution in [-0.4, -0.2) is 14.2 Å². The Morgan fingerprint density at radius 1 is 0.952 bits per heavy atom. The second-order valence-electron chi connectivity index (χ2n) is 4.40. The number of methoxy groups -OCH3 is 1. The Balaban J connectivity index is 2.52. The van der Waals surface area contributed by atoms with Gasteiger partial charge in [-0.15, -0.1) is 0 Å². The first kappa shape index (κ1) is 15.3. The van der Waals surface area contributed by atoms with Crippen LogP contribution in [0.3, 0.4) is 0 Å². The monoisotopic (exact) mass is 299 g/mol. The molecule has 0 radical (unpaired) electrons. The van der Waals surface area contributed by atoms with Gasteiger partial charge >= 0.3 is 0 Å². The zero-order valence-corrected chi connectivity index (χ0v) is 11.4. The minimum Gasteiger partial charge on any atom is -0.494 e. The summed E-state index contributed by atoms with van der Waals surface area (Å²) in [6.45, 7) is 0. The van der Waals surface area contributed by atoms with Gasteiger partial charge in [0.1, 0.15) is 17.5 Å². The van der Waals surface area contributed by atoms with E-state index in [9.17, 15) is 17.6 Å². The fourth-order valence-corrected chi connectivity index (χ4v) is 2.17. The summed E-state index contributed by atoms with van der Waals surface area (Å²) in [6, 6.07) is 4.17. The molecule has 0 spiro atoms. The predicted molar refractivity (Wildman–Crippen MR) is 70.2 cm³/mol. The highest BCUT2D eigenvalue weighted by atomic mass is 19.1. The number of rotatable bonds is 4. The third kappa shape index (κ3) is 3.00. The van der Waals surface area contributed by atoms with Crippen molar-refractivity contribution in [3.8, 4) is 5.75 Å². The Hall–Kier alpha value is -2.08. The van der Waals surface area contributed by atoms with Gasteiger partial charge in [-0.05, 0) is 24.7 Å². The Kier molecular flexibility index (Phi) is 4.47. The summed E-state index contributed by atoms with van der Waals surface area (Å²) in [5.74, 6) is -3.72. The summed E-state index contributed by atoms with van der Waals surface area (Å²) in [5.41, 5.74) is -0.0799. The van der Waals surface area contributed by atoms with E-state index in [4.69, 9.17) is 4.74 Å². The number of nitrogens with one attached hydrogen (secondary N) is 1. The molecule has 2 aromatic carbocycles. The molecule has 2 aromatic rings. The molecule has 0 amide bonds. The smallest absolute Gasteiger partial charge is 0.165 e. The maximum Gasteiger partial charge on any atom is 0.165 e. The normalized spacial score (nSPS) is 12.3. The summed E-state index contributed by atoms with van der Waals surface area (Å²) in [4.78, 5) is 0. The molecule has 0 bridgehead atoms. The average molecular weight is 299 g/mol. The molecule has 0 saturated carbocycles. The van der Waals surface area contributed by atoms with Gasteiger partial charge in [0, 0.05) is 17.7 Å². The zero-order chi connectivity index (χ0) is 15.6. The first-order chi connectivity index (χ1) is 9.97. The molecule has 0 aromatic heterocycles. The molecule has 0 saturated heterocycles. The topological polar surface area (TPSA) is 21.3 Å². The van der Waals surface area contributed by atoms with Crippen LogP contribution in [0.4, 0.5) is 17.6 Å². The molecular weight excluding hydrogens is 286 g/mol. The van der Waals surface area contributed by atoms with Gasteiger partial charge in [-0.3, -0.25) is 0 Å². The lowest BCUT2D eigenvalue weighted by molar-refractivity contribution is 0.385. The molecule has 112 valence electrons. The third-order valence-corrected chi connectivity index (χ3v) is 3.13. The van der Waals surface area contributed by atoms with Crippen LogP contribution in [0.25, 0.3) is 0 Å². The van der Waals surface area contributed by atoms with Gasteiger partial charge in [0.15, 0.2) is 11.6 Å². The largest absolute Gasteiger partial charge is 0.494 e. The van der Waals surface area contributed by atoms with Crippen LogP contribution >= 0.6 is 0 Å². The first-order valence-corrected chi connectivity index (χ1v) is 6.13. The molecule has 0 aliphatic heterocycles. The van der Waals surface area contributed by atoms with E-state index in [-0.39, 0.29) is 11.3 Å². The van der Waals surface area contributed by atoms with Gasteiger partial charge in [0.2, 0.25) is 0 Å². The van der Waals surface area contributed by atoms with E-state index < -0.39 is 29.3 Å². The van der Waals surface area contributed by atoms with Crippen LogP contribution in [0.2, 0.25) is 0 Å². The van der Waals surface area contributed by atoms with Gasteiger partial charge in [-0.1, -0.05) is 6.07 Å². The van der Waals surface area contributed by atoms with E-state index in [0.29, 0.717) is 17.7 Å². The summed E-state index contributed by atoms with van der Waals surface area (Å²) in [7, 11) is 2.78. The van der Waals surface area contributed by atoms with Crippen molar-refractivity contribution in [1.29, 1.82) is 0 Å². The van der Waals surface area contributed by atoms with Gasteiger partial charge in [-0.2, -0.15) is 0 Å². The summed E-state index contributed by atoms with van der Waals surface area (Å²) in [5, 5.41) is 2.69. The minimum absolute atomic E-state index is 0.0219. The molecule has 1 N–H and O–H groups in total. The van der Waals surface area contributed by atoms with Crippen molar-refractivity contribution in [2.75, 3.05) is 14.2 Å². The highest BCUT2D eigenvalue weighted by molar-refractivity contribution is 5.37. The Bertz CT molecular complexity index is 637. The van der Waals surface area contributed by atoms with Gasteiger partial charge in [0.05, 0.1) is 13.2 Å². The van der Waals surface area contributed by atoms with Crippen molar-refractivity contribution in [3.05, 3.63) is 64.7 Å². The molecule has 0 aliphatic carbocycles. The van der Waals surface area contributed by atoms with Crippen LogP contribution in [0.5, 0.6) is 5.75 Å². The Morgan fingerprint density at radius 2 is 1.57 bits per heavy atom. The second kappa shape index (κ2) is 6.13. The SMILES string of the molecule is CNC(c1ccc(OC)c(F)c1)c1c(F)cc(F)cc1F. The lowest BCUT2D eigenvalue weighted by atomic mass is 9.97. The summed E-state index contributed by atoms with van der Waals surface area (Å²) < 4.78 is 59.2. The number of halogens is 4. The molecule has 0 fully saturated rings. The van der Waals surface area contributed by atoms with Gasteiger partial charge in [0.25, 0.3) is 0 Å². The Labute approximate surface area is 119 Å². The van der Waals surface area contributed by atoms with Gasteiger partial charge < -0.3 is 10.1 Å². The van der Waals surface area contributed by atoms with Gasteiger partial charge in [-0.25, -0.2) is 17.6 Å². The zero-order valence-electron chi connectivity index (χ0n) is 11.4. The summed E-state index contributed by atoms with van der Waals surface area (Å²) in [6.07, 6.45) is 0. The number of hydrogen-bond donors (Lipinski definition) is 1. The lowest BCUT2D eigenvalue weighted by Gasteiger charge is -2.19. The predicted octanol–water partition coefficient (Wildman–Crippen LogP) is 3.56. The van der Waals surface area contributed by atoms with E-state index in [1.54, 1.807) is 0 Å². The second-order valence-corrected chi connectivity index (χ2v) is 4.40. The van der Waals surface area contributed by atoms with E-state index in [2.05, 4.69) is 5.32 Å². The highest BCUT2D eigenvalue weighted by Gasteiger charge is 2.22. The molecule has 6 heteroatoms. The minimum atomic E-state index is -1.04. The summed E-state index contributed by atoms with van der Waals surface area (Å²) >= 11 is 0. The van der Waals surface area contributed by atoms with Crippen LogP contribution in [0.15, 0.2) is 30.3 Å². The Morgan fingerprint density at radius 3 is 2.05 bits per heavy atom. The number of benzene rings is 2. The highest BCUT2D eigenvalue weighted by Crippen LogP contribution is 2.29. The number of ether oxygens (including phenoxy) is 1. The van der Waals surface area contributed by atoms with E-state index >= 15 is 0 Å². The van der Waals surface area contributed by atoms with Crippen molar-refractivity contribution in [1.82, 2.24) is 5.32 Å². The van der Waals surface area contributed by atoms with Crippen molar-refractivity contribution < 1.29 is 22.3 Å². The maximum absolute atomic E-state index is 13.8. The van der Waals surface area contributed by atoms with E-state index in [1.165, 1.54) is 26.3 Å².